The standard InChI is InChI=1S/C19H24ClNO3/c1-22-18-10-9-16(14-19(18)23-2)6-3-5-15-7-4-8-17(13-15)24-12-11-21-20/h4,7-10,13-14,21H,3,5-6,11-12H2,1-2H3. The second-order valence-electron chi connectivity index (χ2n) is 5.42. The van der Waals surface area contributed by atoms with E-state index in [9.17, 15) is 0 Å². The fourth-order valence-corrected chi connectivity index (χ4v) is 2.61. The Kier molecular flexibility index (Phi) is 7.72. The van der Waals surface area contributed by atoms with Crippen molar-refractivity contribution in [3.63, 3.8) is 0 Å². The van der Waals surface area contributed by atoms with Gasteiger partial charge in [0, 0.05) is 6.54 Å². The first-order valence-corrected chi connectivity index (χ1v) is 8.40. The van der Waals surface area contributed by atoms with Crippen LogP contribution in [0.5, 0.6) is 17.2 Å². The molecule has 0 aliphatic carbocycles. The van der Waals surface area contributed by atoms with E-state index in [1.807, 2.05) is 24.3 Å². The molecule has 0 heterocycles. The average Bonchev–Trinajstić information content (AvgIpc) is 2.62. The molecule has 0 unspecified atom stereocenters. The predicted molar refractivity (Wildman–Crippen MR) is 97.4 cm³/mol. The van der Waals surface area contributed by atoms with Crippen molar-refractivity contribution >= 4 is 11.8 Å². The molecule has 0 amide bonds. The molecule has 0 aromatic heterocycles. The Morgan fingerprint density at radius 1 is 0.917 bits per heavy atom. The molecule has 5 heteroatoms. The summed E-state index contributed by atoms with van der Waals surface area (Å²) in [6.45, 7) is 1.17. The van der Waals surface area contributed by atoms with Crippen LogP contribution in [0.15, 0.2) is 42.5 Å². The van der Waals surface area contributed by atoms with Gasteiger partial charge in [-0.1, -0.05) is 18.2 Å². The van der Waals surface area contributed by atoms with E-state index < -0.39 is 0 Å². The number of rotatable bonds is 10. The maximum atomic E-state index is 5.63. The fraction of sp³-hybridized carbons (Fsp3) is 0.368. The Morgan fingerprint density at radius 3 is 2.38 bits per heavy atom. The van der Waals surface area contributed by atoms with Crippen molar-refractivity contribution in [1.29, 1.82) is 0 Å². The van der Waals surface area contributed by atoms with Crippen LogP contribution in [-0.4, -0.2) is 27.4 Å². The van der Waals surface area contributed by atoms with Gasteiger partial charge < -0.3 is 14.2 Å². The molecule has 24 heavy (non-hydrogen) atoms. The number of aryl methyl sites for hydroxylation is 2. The van der Waals surface area contributed by atoms with Gasteiger partial charge in [0.05, 0.1) is 14.2 Å². The lowest BCUT2D eigenvalue weighted by Gasteiger charge is -2.10. The number of halogens is 1. The first-order chi connectivity index (χ1) is 11.8. The maximum absolute atomic E-state index is 5.63. The summed E-state index contributed by atoms with van der Waals surface area (Å²) in [7, 11) is 3.31. The minimum absolute atomic E-state index is 0.554. The number of benzene rings is 2. The van der Waals surface area contributed by atoms with Gasteiger partial charge in [0.2, 0.25) is 0 Å². The summed E-state index contributed by atoms with van der Waals surface area (Å²) in [6, 6.07) is 14.3. The summed E-state index contributed by atoms with van der Waals surface area (Å²) in [4.78, 5) is 2.55. The Balaban J connectivity index is 1.86. The average molecular weight is 350 g/mol. The zero-order valence-electron chi connectivity index (χ0n) is 14.2. The lowest BCUT2D eigenvalue weighted by atomic mass is 10.0. The molecule has 0 saturated carbocycles. The third-order valence-corrected chi connectivity index (χ3v) is 3.93. The molecule has 0 aliphatic rings. The van der Waals surface area contributed by atoms with Crippen molar-refractivity contribution in [3.05, 3.63) is 53.6 Å². The number of nitrogens with one attached hydrogen (secondary N) is 1. The summed E-state index contributed by atoms with van der Waals surface area (Å²) in [6.07, 6.45) is 3.04. The Labute approximate surface area is 148 Å². The lowest BCUT2D eigenvalue weighted by molar-refractivity contribution is 0.323. The molecule has 0 saturated heterocycles. The van der Waals surface area contributed by atoms with Crippen molar-refractivity contribution in [3.8, 4) is 17.2 Å². The molecule has 0 aliphatic heterocycles. The van der Waals surface area contributed by atoms with E-state index in [2.05, 4.69) is 23.0 Å². The van der Waals surface area contributed by atoms with Gasteiger partial charge >= 0.3 is 0 Å². The first kappa shape index (κ1) is 18.4. The molecule has 0 fully saturated rings. The fourth-order valence-electron chi connectivity index (χ4n) is 2.53. The molecular formula is C19H24ClNO3. The zero-order chi connectivity index (χ0) is 17.2. The number of hydrogen-bond donors (Lipinski definition) is 1. The van der Waals surface area contributed by atoms with Crippen LogP contribution < -0.4 is 19.0 Å². The van der Waals surface area contributed by atoms with Crippen molar-refractivity contribution in [2.75, 3.05) is 27.4 Å². The molecule has 1 N–H and O–H groups in total. The number of ether oxygens (including phenoxy) is 3. The third kappa shape index (κ3) is 5.62. The van der Waals surface area contributed by atoms with Gasteiger partial charge in [-0.2, -0.15) is 0 Å². The van der Waals surface area contributed by atoms with Gasteiger partial charge in [-0.3, -0.25) is 0 Å². The Bertz CT molecular complexity index is 634. The van der Waals surface area contributed by atoms with Gasteiger partial charge in [0.1, 0.15) is 12.4 Å². The lowest BCUT2D eigenvalue weighted by Crippen LogP contribution is -2.11. The van der Waals surface area contributed by atoms with Crippen LogP contribution in [0, 0.1) is 0 Å². The molecule has 4 nitrogen and oxygen atoms in total. The van der Waals surface area contributed by atoms with E-state index in [1.54, 1.807) is 14.2 Å². The van der Waals surface area contributed by atoms with Gasteiger partial charge in [-0.05, 0) is 66.4 Å². The monoisotopic (exact) mass is 349 g/mol. The van der Waals surface area contributed by atoms with E-state index in [0.29, 0.717) is 13.2 Å². The van der Waals surface area contributed by atoms with E-state index >= 15 is 0 Å². The highest BCUT2D eigenvalue weighted by Gasteiger charge is 2.05. The Morgan fingerprint density at radius 2 is 1.67 bits per heavy atom. The molecule has 0 bridgehead atoms. The summed E-state index contributed by atoms with van der Waals surface area (Å²) in [5.74, 6) is 2.42. The SMILES string of the molecule is COc1ccc(CCCc2cccc(OCCNCl)c2)cc1OC. The topological polar surface area (TPSA) is 39.7 Å². The van der Waals surface area contributed by atoms with Crippen molar-refractivity contribution in [1.82, 2.24) is 4.84 Å². The number of methoxy groups -OCH3 is 2. The second kappa shape index (κ2) is 10.1. The molecule has 0 spiro atoms. The quantitative estimate of drug-likeness (QED) is 0.520. The van der Waals surface area contributed by atoms with Crippen LogP contribution >= 0.6 is 11.8 Å². The summed E-state index contributed by atoms with van der Waals surface area (Å²) in [5.41, 5.74) is 2.51. The van der Waals surface area contributed by atoms with Crippen LogP contribution in [0.1, 0.15) is 17.5 Å². The van der Waals surface area contributed by atoms with Crippen LogP contribution in [0.4, 0.5) is 0 Å². The van der Waals surface area contributed by atoms with Crippen LogP contribution in [0.3, 0.4) is 0 Å². The van der Waals surface area contributed by atoms with Crippen LogP contribution in [0.25, 0.3) is 0 Å². The molecule has 0 radical (unpaired) electrons. The Hall–Kier alpha value is -1.91. The summed E-state index contributed by atoms with van der Waals surface area (Å²) in [5, 5.41) is 0. The second-order valence-corrected chi connectivity index (χ2v) is 5.69. The molecular weight excluding hydrogens is 326 g/mol. The van der Waals surface area contributed by atoms with E-state index in [4.69, 9.17) is 26.0 Å². The third-order valence-electron chi connectivity index (χ3n) is 3.74. The van der Waals surface area contributed by atoms with E-state index in [0.717, 1.165) is 36.5 Å². The highest BCUT2D eigenvalue weighted by molar-refractivity contribution is 6.13. The van der Waals surface area contributed by atoms with Crippen molar-refractivity contribution < 1.29 is 14.2 Å². The zero-order valence-corrected chi connectivity index (χ0v) is 14.9. The molecule has 2 aromatic carbocycles. The van der Waals surface area contributed by atoms with Crippen LogP contribution in [-0.2, 0) is 12.8 Å². The smallest absolute Gasteiger partial charge is 0.160 e. The van der Waals surface area contributed by atoms with Crippen molar-refractivity contribution in [2.24, 2.45) is 0 Å². The highest BCUT2D eigenvalue weighted by atomic mass is 35.5. The van der Waals surface area contributed by atoms with Crippen LogP contribution in [0.2, 0.25) is 0 Å². The van der Waals surface area contributed by atoms with Gasteiger partial charge in [-0.25, -0.2) is 4.84 Å². The normalized spacial score (nSPS) is 10.5. The van der Waals surface area contributed by atoms with E-state index in [1.165, 1.54) is 11.1 Å². The van der Waals surface area contributed by atoms with Crippen molar-refractivity contribution in [2.45, 2.75) is 19.3 Å². The van der Waals surface area contributed by atoms with E-state index in [-0.39, 0.29) is 0 Å². The minimum atomic E-state index is 0.554. The molecule has 0 atom stereocenters. The molecule has 130 valence electrons. The largest absolute Gasteiger partial charge is 0.493 e. The summed E-state index contributed by atoms with van der Waals surface area (Å²) >= 11 is 5.42. The number of hydrogen-bond acceptors (Lipinski definition) is 4. The minimum Gasteiger partial charge on any atom is -0.493 e. The van der Waals surface area contributed by atoms with Gasteiger partial charge in [-0.15, -0.1) is 0 Å². The first-order valence-electron chi connectivity index (χ1n) is 8.03. The molecule has 2 aromatic rings. The highest BCUT2D eigenvalue weighted by Crippen LogP contribution is 2.28. The van der Waals surface area contributed by atoms with Gasteiger partial charge in [0.15, 0.2) is 11.5 Å². The maximum Gasteiger partial charge on any atom is 0.160 e. The van der Waals surface area contributed by atoms with Gasteiger partial charge in [0.25, 0.3) is 0 Å². The predicted octanol–water partition coefficient (Wildman–Crippen LogP) is 4.00. The molecule has 2 rings (SSSR count). The summed E-state index contributed by atoms with van der Waals surface area (Å²) < 4.78 is 16.2.